The number of nitrogens with zero attached hydrogens (tertiary/aromatic N) is 4. The van der Waals surface area contributed by atoms with Gasteiger partial charge in [0.05, 0.1) is 0 Å². The number of nitrogens with two attached hydrogens (primary N) is 2. The third kappa shape index (κ3) is 4.36. The van der Waals surface area contributed by atoms with Crippen LogP contribution in [0, 0.1) is 11.5 Å². The van der Waals surface area contributed by atoms with Crippen molar-refractivity contribution >= 4 is 52.5 Å². The summed E-state index contributed by atoms with van der Waals surface area (Å²) in [5.74, 6) is 0.119. The number of hydrogen-bond acceptors (Lipinski definition) is 7. The van der Waals surface area contributed by atoms with Gasteiger partial charge in [-0.3, -0.25) is 5.32 Å². The Kier molecular flexibility index (Phi) is 4.26. The molecule has 1 rings (SSSR count). The molecule has 0 unspecified atom stereocenters. The molecule has 0 bridgehead atoms. The van der Waals surface area contributed by atoms with Crippen molar-refractivity contribution in [1.82, 2.24) is 15.0 Å². The zero-order valence-corrected chi connectivity index (χ0v) is 9.89. The molecule has 0 atom stereocenters. The number of nitrogens with one attached hydrogen (secondary N) is 3. The molecular formula is C6H7N9S2. The summed E-state index contributed by atoms with van der Waals surface area (Å²) in [5.41, 5.74) is 10.5. The highest BCUT2D eigenvalue weighted by Gasteiger charge is 2.07. The minimum atomic E-state index is -0.0274. The monoisotopic (exact) mass is 269 g/mol. The van der Waals surface area contributed by atoms with Gasteiger partial charge in [0.2, 0.25) is 17.8 Å². The van der Waals surface area contributed by atoms with E-state index in [1.165, 1.54) is 0 Å². The average Bonchev–Trinajstić information content (AvgIpc) is 2.14. The topological polar surface area (TPSA) is 151 Å². The Balaban J connectivity index is 3.04. The van der Waals surface area contributed by atoms with Crippen LogP contribution in [-0.2, 0) is 0 Å². The molecule has 11 heteroatoms. The summed E-state index contributed by atoms with van der Waals surface area (Å²) in [6, 6.07) is 0. The first kappa shape index (κ1) is 12.7. The van der Waals surface area contributed by atoms with Crippen LogP contribution >= 0.6 is 24.4 Å². The predicted molar refractivity (Wildman–Crippen MR) is 69.9 cm³/mol. The van der Waals surface area contributed by atoms with Gasteiger partial charge in [0.15, 0.2) is 16.4 Å². The van der Waals surface area contributed by atoms with Crippen LogP contribution in [0.15, 0.2) is 0 Å². The third-order valence-electron chi connectivity index (χ3n) is 1.27. The SMILES string of the molecule is N#CNc1nc(NC(N)=S)nc(NC(N)=S)n1. The largest absolute Gasteiger partial charge is 0.376 e. The number of rotatable bonds is 3. The molecule has 1 aromatic rings. The number of hydrogen-bond donors (Lipinski definition) is 5. The predicted octanol–water partition coefficient (Wildman–Crippen LogP) is -0.924. The Morgan fingerprint density at radius 1 is 1.00 bits per heavy atom. The quantitative estimate of drug-likeness (QED) is 0.263. The van der Waals surface area contributed by atoms with E-state index in [-0.39, 0.29) is 28.1 Å². The molecule has 0 aliphatic carbocycles. The van der Waals surface area contributed by atoms with Crippen molar-refractivity contribution in [3.63, 3.8) is 0 Å². The van der Waals surface area contributed by atoms with E-state index in [1.54, 1.807) is 6.19 Å². The van der Waals surface area contributed by atoms with Crippen LogP contribution in [0.25, 0.3) is 0 Å². The van der Waals surface area contributed by atoms with Crippen LogP contribution in [0.3, 0.4) is 0 Å². The van der Waals surface area contributed by atoms with Gasteiger partial charge in [0.1, 0.15) is 0 Å². The zero-order chi connectivity index (χ0) is 12.8. The first-order chi connectivity index (χ1) is 8.01. The molecule has 0 fully saturated rings. The van der Waals surface area contributed by atoms with Gasteiger partial charge >= 0.3 is 0 Å². The molecule has 17 heavy (non-hydrogen) atoms. The standard InChI is InChI=1S/C6H7N9S2/c7-1-10-4-13-5(11-2(8)16)15-6(14-4)12-3(9)17/h(H7,8,9,10,11,12,13,14,15,16,17). The van der Waals surface area contributed by atoms with Crippen LogP contribution in [0.4, 0.5) is 17.8 Å². The summed E-state index contributed by atoms with van der Waals surface area (Å²) in [5, 5.41) is 15.6. The van der Waals surface area contributed by atoms with E-state index in [2.05, 4.69) is 55.3 Å². The maximum absolute atomic E-state index is 8.46. The molecule has 9 nitrogen and oxygen atoms in total. The van der Waals surface area contributed by atoms with Crippen molar-refractivity contribution in [1.29, 1.82) is 5.26 Å². The maximum Gasteiger partial charge on any atom is 0.242 e. The summed E-state index contributed by atoms with van der Waals surface area (Å²) in [6.45, 7) is 0. The van der Waals surface area contributed by atoms with Crippen molar-refractivity contribution in [2.24, 2.45) is 11.5 Å². The molecule has 0 aliphatic rings. The van der Waals surface area contributed by atoms with Crippen LogP contribution in [0.5, 0.6) is 0 Å². The fourth-order valence-corrected chi connectivity index (χ4v) is 0.997. The first-order valence-corrected chi connectivity index (χ1v) is 4.87. The van der Waals surface area contributed by atoms with Crippen molar-refractivity contribution in [2.45, 2.75) is 0 Å². The fourth-order valence-electron chi connectivity index (χ4n) is 0.814. The summed E-state index contributed by atoms with van der Waals surface area (Å²) >= 11 is 9.25. The minimum absolute atomic E-state index is 0.000000000000000222. The van der Waals surface area contributed by atoms with Crippen LogP contribution < -0.4 is 27.4 Å². The number of aromatic nitrogens is 3. The molecule has 0 radical (unpaired) electrons. The Labute approximate surface area is 107 Å². The van der Waals surface area contributed by atoms with Gasteiger partial charge in [-0.2, -0.15) is 20.2 Å². The third-order valence-corrected chi connectivity index (χ3v) is 1.48. The molecule has 0 saturated heterocycles. The van der Waals surface area contributed by atoms with Gasteiger partial charge in [0.25, 0.3) is 0 Å². The minimum Gasteiger partial charge on any atom is -0.376 e. The molecule has 1 heterocycles. The zero-order valence-electron chi connectivity index (χ0n) is 8.26. The Morgan fingerprint density at radius 2 is 1.41 bits per heavy atom. The van der Waals surface area contributed by atoms with Gasteiger partial charge in [-0.1, -0.05) is 0 Å². The highest BCUT2D eigenvalue weighted by molar-refractivity contribution is 7.80. The molecule has 7 N–H and O–H groups in total. The lowest BCUT2D eigenvalue weighted by Gasteiger charge is -2.07. The second-order valence-electron chi connectivity index (χ2n) is 2.52. The number of anilines is 3. The first-order valence-electron chi connectivity index (χ1n) is 4.05. The van der Waals surface area contributed by atoms with E-state index in [0.29, 0.717) is 0 Å². The second kappa shape index (κ2) is 5.68. The molecule has 0 aliphatic heterocycles. The molecular weight excluding hydrogens is 262 g/mol. The van der Waals surface area contributed by atoms with Gasteiger partial charge in [-0.15, -0.1) is 0 Å². The van der Waals surface area contributed by atoms with Gasteiger partial charge in [0, 0.05) is 0 Å². The van der Waals surface area contributed by atoms with Crippen molar-refractivity contribution in [3.8, 4) is 6.19 Å². The molecule has 0 aromatic carbocycles. The van der Waals surface area contributed by atoms with Crippen molar-refractivity contribution in [2.75, 3.05) is 16.0 Å². The van der Waals surface area contributed by atoms with E-state index < -0.39 is 0 Å². The van der Waals surface area contributed by atoms with Crippen molar-refractivity contribution in [3.05, 3.63) is 0 Å². The maximum atomic E-state index is 8.46. The lowest BCUT2D eigenvalue weighted by Crippen LogP contribution is -2.24. The molecule has 88 valence electrons. The van der Waals surface area contributed by atoms with E-state index in [4.69, 9.17) is 16.7 Å². The van der Waals surface area contributed by atoms with E-state index in [0.717, 1.165) is 0 Å². The summed E-state index contributed by atoms with van der Waals surface area (Å²) in [7, 11) is 0. The lowest BCUT2D eigenvalue weighted by molar-refractivity contribution is 1.07. The summed E-state index contributed by atoms with van der Waals surface area (Å²) < 4.78 is 0. The highest BCUT2D eigenvalue weighted by atomic mass is 32.1. The highest BCUT2D eigenvalue weighted by Crippen LogP contribution is 2.08. The Bertz CT molecular complexity index is 458. The van der Waals surface area contributed by atoms with Gasteiger partial charge in [-0.25, -0.2) is 0 Å². The van der Waals surface area contributed by atoms with Crippen LogP contribution in [0.1, 0.15) is 0 Å². The second-order valence-corrected chi connectivity index (χ2v) is 3.40. The summed E-state index contributed by atoms with van der Waals surface area (Å²) in [6.07, 6.45) is 1.66. The Hall–Kier alpha value is -2.32. The molecule has 1 aromatic heterocycles. The number of nitriles is 1. The van der Waals surface area contributed by atoms with E-state index >= 15 is 0 Å². The summed E-state index contributed by atoms with van der Waals surface area (Å²) in [4.78, 5) is 11.5. The average molecular weight is 269 g/mol. The Morgan fingerprint density at radius 3 is 1.76 bits per heavy atom. The van der Waals surface area contributed by atoms with E-state index in [9.17, 15) is 0 Å². The van der Waals surface area contributed by atoms with Crippen LogP contribution in [0.2, 0.25) is 0 Å². The van der Waals surface area contributed by atoms with E-state index in [1.807, 2.05) is 0 Å². The number of thiocarbonyl (C=S) groups is 2. The smallest absolute Gasteiger partial charge is 0.242 e. The van der Waals surface area contributed by atoms with Crippen LogP contribution in [-0.4, -0.2) is 25.2 Å². The molecule has 0 saturated carbocycles. The lowest BCUT2D eigenvalue weighted by atomic mass is 10.7. The molecule has 0 amide bonds. The fraction of sp³-hybridized carbons (Fsp3) is 0. The van der Waals surface area contributed by atoms with Crippen molar-refractivity contribution < 1.29 is 0 Å². The molecule has 0 spiro atoms. The normalized spacial score (nSPS) is 8.88. The van der Waals surface area contributed by atoms with Gasteiger partial charge in [-0.05, 0) is 24.4 Å². The van der Waals surface area contributed by atoms with Gasteiger partial charge < -0.3 is 22.1 Å².